The highest BCUT2D eigenvalue weighted by Gasteiger charge is 2.13. The van der Waals surface area contributed by atoms with Gasteiger partial charge in [-0.2, -0.15) is 0 Å². The molecule has 1 aromatic heterocycles. The Morgan fingerprint density at radius 2 is 1.56 bits per heavy atom. The Bertz CT molecular complexity index is 998. The molecule has 0 aliphatic heterocycles. The van der Waals surface area contributed by atoms with Gasteiger partial charge in [0.1, 0.15) is 5.69 Å². The summed E-state index contributed by atoms with van der Waals surface area (Å²) in [5, 5.41) is 6.08. The van der Waals surface area contributed by atoms with E-state index in [1.165, 1.54) is 12.3 Å². The molecule has 0 unspecified atom stereocenters. The predicted molar refractivity (Wildman–Crippen MR) is 108 cm³/mol. The predicted octanol–water partition coefficient (Wildman–Crippen LogP) is 4.86. The van der Waals surface area contributed by atoms with Crippen molar-refractivity contribution in [1.82, 2.24) is 4.98 Å². The average Bonchev–Trinajstić information content (AvgIpc) is 2.61. The van der Waals surface area contributed by atoms with Gasteiger partial charge in [-0.1, -0.05) is 23.7 Å². The number of amides is 2. The van der Waals surface area contributed by atoms with Crippen LogP contribution in [0.25, 0.3) is 0 Å². The Morgan fingerprint density at radius 3 is 2.26 bits per heavy atom. The highest BCUT2D eigenvalue weighted by atomic mass is 35.5. The number of nitrogens with zero attached hydrogens (tertiary/aromatic N) is 1. The topological polar surface area (TPSA) is 71.1 Å². The van der Waals surface area contributed by atoms with Gasteiger partial charge in [0.25, 0.3) is 11.8 Å². The number of halogens is 1. The average molecular weight is 380 g/mol. The van der Waals surface area contributed by atoms with Crippen molar-refractivity contribution in [2.24, 2.45) is 0 Å². The van der Waals surface area contributed by atoms with Crippen molar-refractivity contribution >= 4 is 34.8 Å². The summed E-state index contributed by atoms with van der Waals surface area (Å²) in [5.41, 5.74) is 3.87. The fourth-order valence-corrected chi connectivity index (χ4v) is 2.90. The Labute approximate surface area is 162 Å². The molecule has 3 rings (SSSR count). The van der Waals surface area contributed by atoms with Crippen LogP contribution in [0.1, 0.15) is 32.0 Å². The van der Waals surface area contributed by atoms with Gasteiger partial charge in [0.15, 0.2) is 0 Å². The van der Waals surface area contributed by atoms with Gasteiger partial charge in [-0.15, -0.1) is 0 Å². The molecule has 0 bridgehead atoms. The van der Waals surface area contributed by atoms with Gasteiger partial charge >= 0.3 is 0 Å². The molecular formula is C21H18ClN3O2. The molecule has 0 spiro atoms. The molecular weight excluding hydrogens is 362 g/mol. The lowest BCUT2D eigenvalue weighted by atomic mass is 10.1. The number of aryl methyl sites for hydroxylation is 2. The summed E-state index contributed by atoms with van der Waals surface area (Å²) >= 11 is 5.92. The number of carbonyl (C=O) groups excluding carboxylic acids is 2. The van der Waals surface area contributed by atoms with Crippen molar-refractivity contribution in [3.8, 4) is 0 Å². The van der Waals surface area contributed by atoms with E-state index in [0.717, 1.165) is 11.1 Å². The van der Waals surface area contributed by atoms with Crippen LogP contribution in [0.15, 0.2) is 60.8 Å². The van der Waals surface area contributed by atoms with Gasteiger partial charge in [-0.25, -0.2) is 0 Å². The number of rotatable bonds is 4. The van der Waals surface area contributed by atoms with Gasteiger partial charge in [0, 0.05) is 28.2 Å². The Hall–Kier alpha value is -3.18. The summed E-state index contributed by atoms with van der Waals surface area (Å²) in [6, 6.07) is 15.6. The molecule has 3 aromatic rings. The molecule has 2 amide bonds. The van der Waals surface area contributed by atoms with E-state index in [9.17, 15) is 9.59 Å². The summed E-state index contributed by atoms with van der Waals surface area (Å²) in [6.07, 6.45) is 1.43. The number of hydrogen-bond acceptors (Lipinski definition) is 3. The van der Waals surface area contributed by atoms with Crippen molar-refractivity contribution in [3.05, 3.63) is 88.2 Å². The van der Waals surface area contributed by atoms with E-state index in [1.54, 1.807) is 30.3 Å². The van der Waals surface area contributed by atoms with Gasteiger partial charge in [-0.05, 0) is 67.4 Å². The summed E-state index contributed by atoms with van der Waals surface area (Å²) in [7, 11) is 0. The van der Waals surface area contributed by atoms with Crippen LogP contribution in [0.5, 0.6) is 0 Å². The molecule has 2 N–H and O–H groups in total. The number of anilines is 2. The van der Waals surface area contributed by atoms with Gasteiger partial charge in [0.05, 0.1) is 0 Å². The van der Waals surface area contributed by atoms with Crippen molar-refractivity contribution in [2.45, 2.75) is 13.8 Å². The normalized spacial score (nSPS) is 10.3. The molecule has 0 fully saturated rings. The smallest absolute Gasteiger partial charge is 0.274 e. The standard InChI is InChI=1S/C21H18ClN3O2/c1-13-8-14(2)10-18(9-13)25-20(26)15-6-7-23-19(11-15)21(27)24-17-5-3-4-16(22)12-17/h3-12H,1-2H3,(H,24,27)(H,25,26). The Balaban J connectivity index is 1.76. The van der Waals surface area contributed by atoms with Crippen LogP contribution in [-0.4, -0.2) is 16.8 Å². The lowest BCUT2D eigenvalue weighted by Gasteiger charge is -2.09. The van der Waals surface area contributed by atoms with E-state index >= 15 is 0 Å². The van der Waals surface area contributed by atoms with Crippen LogP contribution in [0.2, 0.25) is 5.02 Å². The van der Waals surface area contributed by atoms with E-state index in [2.05, 4.69) is 15.6 Å². The van der Waals surface area contributed by atoms with E-state index < -0.39 is 5.91 Å². The van der Waals surface area contributed by atoms with Crippen molar-refractivity contribution < 1.29 is 9.59 Å². The number of nitrogens with one attached hydrogen (secondary N) is 2. The zero-order chi connectivity index (χ0) is 19.4. The maximum atomic E-state index is 12.5. The molecule has 0 atom stereocenters. The van der Waals surface area contributed by atoms with Crippen LogP contribution in [0.3, 0.4) is 0 Å². The number of pyridine rings is 1. The van der Waals surface area contributed by atoms with Crippen molar-refractivity contribution in [3.63, 3.8) is 0 Å². The maximum Gasteiger partial charge on any atom is 0.274 e. The molecule has 1 heterocycles. The van der Waals surface area contributed by atoms with Crippen LogP contribution in [0.4, 0.5) is 11.4 Å². The lowest BCUT2D eigenvalue weighted by Crippen LogP contribution is -2.17. The molecule has 0 aliphatic carbocycles. The minimum absolute atomic E-state index is 0.142. The summed E-state index contributed by atoms with van der Waals surface area (Å²) in [6.45, 7) is 3.93. The molecule has 6 heteroatoms. The molecule has 0 aliphatic rings. The molecule has 2 aromatic carbocycles. The van der Waals surface area contributed by atoms with E-state index in [4.69, 9.17) is 11.6 Å². The number of aromatic nitrogens is 1. The first kappa shape index (κ1) is 18.6. The number of benzene rings is 2. The third-order valence-electron chi connectivity index (χ3n) is 3.82. The Morgan fingerprint density at radius 1 is 0.852 bits per heavy atom. The molecule has 0 saturated carbocycles. The molecule has 0 radical (unpaired) electrons. The summed E-state index contributed by atoms with van der Waals surface area (Å²) in [5.74, 6) is -0.725. The highest BCUT2D eigenvalue weighted by molar-refractivity contribution is 6.31. The fraction of sp³-hybridized carbons (Fsp3) is 0.0952. The van der Waals surface area contributed by atoms with Gasteiger partial charge in [0.2, 0.25) is 0 Å². The summed E-state index contributed by atoms with van der Waals surface area (Å²) < 4.78 is 0. The zero-order valence-corrected chi connectivity index (χ0v) is 15.7. The van der Waals surface area contributed by atoms with E-state index in [0.29, 0.717) is 22.0 Å². The third kappa shape index (κ3) is 4.92. The first-order valence-corrected chi connectivity index (χ1v) is 8.71. The van der Waals surface area contributed by atoms with Crippen LogP contribution in [-0.2, 0) is 0 Å². The fourth-order valence-electron chi connectivity index (χ4n) is 2.71. The molecule has 0 saturated heterocycles. The quantitative estimate of drug-likeness (QED) is 0.680. The van der Waals surface area contributed by atoms with Crippen molar-refractivity contribution in [2.75, 3.05) is 10.6 Å². The second kappa shape index (κ2) is 8.01. The van der Waals surface area contributed by atoms with E-state index in [1.807, 2.05) is 32.0 Å². The lowest BCUT2D eigenvalue weighted by molar-refractivity contribution is 0.102. The highest BCUT2D eigenvalue weighted by Crippen LogP contribution is 2.17. The summed E-state index contributed by atoms with van der Waals surface area (Å²) in [4.78, 5) is 29.0. The molecule has 136 valence electrons. The monoisotopic (exact) mass is 379 g/mol. The van der Waals surface area contributed by atoms with Crippen LogP contribution in [0, 0.1) is 13.8 Å². The van der Waals surface area contributed by atoms with Gasteiger partial charge < -0.3 is 10.6 Å². The number of hydrogen-bond donors (Lipinski definition) is 2. The van der Waals surface area contributed by atoms with Crippen LogP contribution < -0.4 is 10.6 Å². The first-order chi connectivity index (χ1) is 12.9. The second-order valence-electron chi connectivity index (χ2n) is 6.22. The zero-order valence-electron chi connectivity index (χ0n) is 14.9. The minimum Gasteiger partial charge on any atom is -0.322 e. The van der Waals surface area contributed by atoms with Gasteiger partial charge in [-0.3, -0.25) is 14.6 Å². The van der Waals surface area contributed by atoms with Crippen molar-refractivity contribution in [1.29, 1.82) is 0 Å². The molecule has 5 nitrogen and oxygen atoms in total. The molecule has 27 heavy (non-hydrogen) atoms. The minimum atomic E-state index is -0.418. The Kier molecular flexibility index (Phi) is 5.52. The SMILES string of the molecule is Cc1cc(C)cc(NC(=O)c2ccnc(C(=O)Nc3cccc(Cl)c3)c2)c1. The van der Waals surface area contributed by atoms with Crippen LogP contribution >= 0.6 is 11.6 Å². The second-order valence-corrected chi connectivity index (χ2v) is 6.66. The number of carbonyl (C=O) groups is 2. The first-order valence-electron chi connectivity index (χ1n) is 8.33. The maximum absolute atomic E-state index is 12.5. The largest absolute Gasteiger partial charge is 0.322 e. The van der Waals surface area contributed by atoms with E-state index in [-0.39, 0.29) is 11.6 Å². The third-order valence-corrected chi connectivity index (χ3v) is 4.05.